The standard InChI is InChI=1S/C43H54N14O9/c1-6-49-30(17-23(3)44)39(61)52-42-50-28-19-25(37(47)59)21-32(64-5)35(28)55(42)13-8-9-14-56-36-29(51-43(56)53-40(62)31-18-24(4)54-57(31)7-2)20-26(38(48)60)22-33(36)65-15-10-16-66-41(63)27(45)11-12-34(46)58/h8-9,17-22,27H,6-7,10-16,44-45H2,1-5H3,(H2,46,58)(H2,47,59)(H2,48,60)(H,50,52,61)(H,51,53,62)/b9-8+,23-17?,49-30?/t27-/m0/s1. The maximum absolute atomic E-state index is 13.8. The molecule has 0 unspecified atom stereocenters. The maximum atomic E-state index is 13.8. The Kier molecular flexibility index (Phi) is 16.3. The molecule has 0 bridgehead atoms. The molecule has 2 aromatic carbocycles. The molecule has 5 amide bonds. The molecule has 5 rings (SSSR count). The first-order valence-electron chi connectivity index (χ1n) is 20.8. The molecule has 350 valence electrons. The Balaban J connectivity index is 1.53. The predicted octanol–water partition coefficient (Wildman–Crippen LogP) is 1.79. The quantitative estimate of drug-likeness (QED) is 0.0213. The molecule has 1 atom stereocenters. The summed E-state index contributed by atoms with van der Waals surface area (Å²) in [6, 6.07) is 6.46. The monoisotopic (exact) mass is 910 g/mol. The molecule has 0 fully saturated rings. The fourth-order valence-electron chi connectivity index (χ4n) is 6.72. The second kappa shape index (κ2) is 22.0. The van der Waals surface area contributed by atoms with Gasteiger partial charge in [-0.05, 0) is 70.5 Å². The Bertz CT molecular complexity index is 2760. The second-order valence-corrected chi connectivity index (χ2v) is 14.8. The number of aromatic nitrogens is 6. The van der Waals surface area contributed by atoms with Crippen LogP contribution in [0.2, 0.25) is 0 Å². The van der Waals surface area contributed by atoms with E-state index in [4.69, 9.17) is 47.9 Å². The van der Waals surface area contributed by atoms with Gasteiger partial charge in [0.15, 0.2) is 0 Å². The van der Waals surface area contributed by atoms with Crippen LogP contribution < -0.4 is 48.8 Å². The van der Waals surface area contributed by atoms with Gasteiger partial charge in [-0.1, -0.05) is 12.2 Å². The largest absolute Gasteiger partial charge is 0.494 e. The van der Waals surface area contributed by atoms with E-state index in [1.807, 2.05) is 6.92 Å². The molecular formula is C43H54N14O9. The molecule has 3 aromatic heterocycles. The zero-order chi connectivity index (χ0) is 48.2. The lowest BCUT2D eigenvalue weighted by Gasteiger charge is -2.14. The summed E-state index contributed by atoms with van der Waals surface area (Å²) in [5.41, 5.74) is 31.1. The van der Waals surface area contributed by atoms with Gasteiger partial charge in [0.1, 0.15) is 40.0 Å². The Hall–Kier alpha value is -8.08. The normalized spacial score (nSPS) is 12.4. The number of nitrogens with zero attached hydrogens (tertiary/aromatic N) is 7. The topological polar surface area (TPSA) is 350 Å². The van der Waals surface area contributed by atoms with Crippen LogP contribution in [-0.4, -0.2) is 103 Å². The number of amides is 5. The number of carbonyl (C=O) groups is 6. The van der Waals surface area contributed by atoms with E-state index in [-0.39, 0.29) is 97.0 Å². The van der Waals surface area contributed by atoms with E-state index in [2.05, 4.69) is 25.7 Å². The third kappa shape index (κ3) is 11.9. The minimum absolute atomic E-state index is 0.00832. The van der Waals surface area contributed by atoms with Crippen LogP contribution in [0.4, 0.5) is 11.9 Å². The summed E-state index contributed by atoms with van der Waals surface area (Å²) >= 11 is 0. The lowest BCUT2D eigenvalue weighted by molar-refractivity contribution is -0.145. The van der Waals surface area contributed by atoms with E-state index in [1.54, 1.807) is 52.8 Å². The van der Waals surface area contributed by atoms with Crippen molar-refractivity contribution in [2.24, 2.45) is 33.7 Å². The average molecular weight is 911 g/mol. The number of ether oxygens (including phenoxy) is 3. The van der Waals surface area contributed by atoms with Gasteiger partial charge < -0.3 is 52.0 Å². The number of esters is 1. The highest BCUT2D eigenvalue weighted by molar-refractivity contribution is 6.47. The van der Waals surface area contributed by atoms with Crippen molar-refractivity contribution >= 4 is 75.2 Å². The number of fused-ring (bicyclic) bond motifs is 2. The van der Waals surface area contributed by atoms with Crippen molar-refractivity contribution in [1.29, 1.82) is 0 Å². The molecule has 0 aliphatic carbocycles. The second-order valence-electron chi connectivity index (χ2n) is 14.8. The summed E-state index contributed by atoms with van der Waals surface area (Å²) in [7, 11) is 1.42. The number of anilines is 2. The highest BCUT2D eigenvalue weighted by atomic mass is 16.5. The number of rotatable bonds is 23. The van der Waals surface area contributed by atoms with Crippen LogP contribution in [-0.2, 0) is 38.8 Å². The summed E-state index contributed by atoms with van der Waals surface area (Å²) in [6.07, 6.45) is 5.12. The molecule has 23 nitrogen and oxygen atoms in total. The van der Waals surface area contributed by atoms with Crippen LogP contribution in [0.3, 0.4) is 0 Å². The van der Waals surface area contributed by atoms with Gasteiger partial charge in [0, 0.05) is 55.8 Å². The molecule has 3 heterocycles. The zero-order valence-corrected chi connectivity index (χ0v) is 37.3. The molecule has 12 N–H and O–H groups in total. The van der Waals surface area contributed by atoms with E-state index in [0.29, 0.717) is 41.0 Å². The van der Waals surface area contributed by atoms with Gasteiger partial charge in [-0.3, -0.25) is 49.1 Å². The molecule has 0 radical (unpaired) electrons. The lowest BCUT2D eigenvalue weighted by Crippen LogP contribution is -2.33. The molecule has 0 saturated heterocycles. The Morgan fingerprint density at radius 1 is 0.833 bits per heavy atom. The van der Waals surface area contributed by atoms with Crippen LogP contribution in [0.25, 0.3) is 22.1 Å². The van der Waals surface area contributed by atoms with Crippen molar-refractivity contribution in [2.75, 3.05) is 37.5 Å². The van der Waals surface area contributed by atoms with E-state index in [0.717, 1.165) is 0 Å². The fourth-order valence-corrected chi connectivity index (χ4v) is 6.72. The van der Waals surface area contributed by atoms with Gasteiger partial charge in [-0.2, -0.15) is 5.10 Å². The van der Waals surface area contributed by atoms with Crippen molar-refractivity contribution < 1.29 is 43.0 Å². The SMILES string of the molecule is CCN=C(C=C(C)N)C(=O)Nc1nc2cc(C(N)=O)cc(OC)c2n1C/C=C/Cn1c(NC(=O)c2cc(C)nn2CC)nc2cc(C(N)=O)cc(OCCCOC(=O)[C@@H](N)CCC(N)=O)c21. The number of primary amides is 3. The lowest BCUT2D eigenvalue weighted by atomic mass is 10.1. The van der Waals surface area contributed by atoms with E-state index < -0.39 is 41.5 Å². The number of benzene rings is 2. The maximum Gasteiger partial charge on any atom is 0.322 e. The predicted molar refractivity (Wildman–Crippen MR) is 245 cm³/mol. The first kappa shape index (κ1) is 48.9. The van der Waals surface area contributed by atoms with Gasteiger partial charge in [0.25, 0.3) is 11.8 Å². The summed E-state index contributed by atoms with van der Waals surface area (Å²) in [5.74, 6) is -3.29. The molecule has 0 saturated carbocycles. The van der Waals surface area contributed by atoms with Crippen molar-refractivity contribution in [1.82, 2.24) is 28.9 Å². The average Bonchev–Trinajstić information content (AvgIpc) is 3.94. The fraction of sp³-hybridized carbons (Fsp3) is 0.349. The van der Waals surface area contributed by atoms with Gasteiger partial charge in [-0.25, -0.2) is 9.97 Å². The number of nitrogens with one attached hydrogen (secondary N) is 2. The summed E-state index contributed by atoms with van der Waals surface area (Å²) < 4.78 is 21.9. The number of aliphatic imine (C=N–C) groups is 1. The summed E-state index contributed by atoms with van der Waals surface area (Å²) in [4.78, 5) is 89.1. The number of carbonyl (C=O) groups excluding carboxylic acids is 6. The van der Waals surface area contributed by atoms with Gasteiger partial charge >= 0.3 is 5.97 Å². The number of hydrogen-bond donors (Lipinski definition) is 7. The van der Waals surface area contributed by atoms with Crippen LogP contribution in [0.15, 0.2) is 59.2 Å². The molecule has 0 aliphatic rings. The first-order chi connectivity index (χ1) is 31.4. The highest BCUT2D eigenvalue weighted by Gasteiger charge is 2.24. The summed E-state index contributed by atoms with van der Waals surface area (Å²) in [5, 5.41) is 10.1. The molecule has 0 aliphatic heterocycles. The van der Waals surface area contributed by atoms with Crippen LogP contribution >= 0.6 is 0 Å². The van der Waals surface area contributed by atoms with Gasteiger partial charge in [0.2, 0.25) is 29.6 Å². The van der Waals surface area contributed by atoms with Crippen molar-refractivity contribution in [3.63, 3.8) is 0 Å². The first-order valence-corrected chi connectivity index (χ1v) is 20.8. The number of allylic oxidation sites excluding steroid dienone is 3. The van der Waals surface area contributed by atoms with Gasteiger partial charge in [0.05, 0.1) is 37.1 Å². The van der Waals surface area contributed by atoms with Crippen molar-refractivity contribution in [3.05, 3.63) is 76.8 Å². The molecule has 0 spiro atoms. The minimum Gasteiger partial charge on any atom is -0.494 e. The molecule has 5 aromatic rings. The van der Waals surface area contributed by atoms with Crippen molar-refractivity contribution in [3.8, 4) is 11.5 Å². The number of methoxy groups -OCH3 is 1. The Morgan fingerprint density at radius 3 is 1.97 bits per heavy atom. The van der Waals surface area contributed by atoms with Crippen LogP contribution in [0.5, 0.6) is 11.5 Å². The third-order valence-electron chi connectivity index (χ3n) is 9.75. The highest BCUT2D eigenvalue weighted by Crippen LogP contribution is 2.33. The third-order valence-corrected chi connectivity index (χ3v) is 9.75. The number of imidazole rings is 2. The van der Waals surface area contributed by atoms with Crippen molar-refractivity contribution in [2.45, 2.75) is 72.6 Å². The Morgan fingerprint density at radius 2 is 1.42 bits per heavy atom. The number of nitrogens with two attached hydrogens (primary N) is 5. The van der Waals surface area contributed by atoms with Gasteiger partial charge in [-0.15, -0.1) is 0 Å². The van der Waals surface area contributed by atoms with E-state index in [9.17, 15) is 28.8 Å². The molecular weight excluding hydrogens is 857 g/mol. The Labute approximate surface area is 378 Å². The minimum atomic E-state index is -1.04. The van der Waals surface area contributed by atoms with Crippen LogP contribution in [0.1, 0.15) is 76.9 Å². The van der Waals surface area contributed by atoms with Crippen LogP contribution in [0, 0.1) is 6.92 Å². The summed E-state index contributed by atoms with van der Waals surface area (Å²) in [6.45, 7) is 7.77. The van der Waals surface area contributed by atoms with E-state index in [1.165, 1.54) is 37.5 Å². The van der Waals surface area contributed by atoms with E-state index >= 15 is 0 Å². The molecule has 66 heavy (non-hydrogen) atoms. The number of aryl methyl sites for hydroxylation is 2. The smallest absolute Gasteiger partial charge is 0.322 e. The zero-order valence-electron chi connectivity index (χ0n) is 37.3. The molecule has 23 heteroatoms. The number of hydrogen-bond acceptors (Lipinski definition) is 15.